The van der Waals surface area contributed by atoms with E-state index in [9.17, 15) is 15.0 Å². The number of carboxylic acid groups (broad SMARTS) is 1. The molecule has 1 aromatic rings. The molecule has 1 heterocycles. The second-order valence-electron chi connectivity index (χ2n) is 5.63. The first-order valence-electron chi connectivity index (χ1n) is 7.43. The number of hydrogen-bond acceptors (Lipinski definition) is 3. The molecule has 2 rings (SSSR count). The number of aliphatic hydroxyl groups is 1. The fourth-order valence-corrected chi connectivity index (χ4v) is 3.19. The fourth-order valence-electron chi connectivity index (χ4n) is 3.07. The lowest BCUT2D eigenvalue weighted by Gasteiger charge is -2.37. The van der Waals surface area contributed by atoms with Crippen molar-refractivity contribution in [1.82, 2.24) is 4.90 Å². The summed E-state index contributed by atoms with van der Waals surface area (Å²) in [5.41, 5.74) is 0.878. The summed E-state index contributed by atoms with van der Waals surface area (Å²) in [6, 6.07) is 6.87. The van der Waals surface area contributed by atoms with Crippen LogP contribution in [0.15, 0.2) is 24.3 Å². The number of halogens is 2. The molecule has 0 aliphatic carbocycles. The summed E-state index contributed by atoms with van der Waals surface area (Å²) in [4.78, 5) is 13.2. The lowest BCUT2D eigenvalue weighted by Crippen LogP contribution is -2.46. The number of carbonyl (C=O) groups is 1. The van der Waals surface area contributed by atoms with Gasteiger partial charge >= 0.3 is 5.97 Å². The van der Waals surface area contributed by atoms with Gasteiger partial charge in [-0.05, 0) is 56.0 Å². The van der Waals surface area contributed by atoms with E-state index in [1.165, 1.54) is 0 Å². The van der Waals surface area contributed by atoms with Crippen LogP contribution in [-0.4, -0.2) is 40.2 Å². The summed E-state index contributed by atoms with van der Waals surface area (Å²) in [5.74, 6) is -0.581. The molecule has 2 N–H and O–H groups in total. The third kappa shape index (κ3) is 4.59. The third-order valence-corrected chi connectivity index (χ3v) is 4.60. The largest absolute Gasteiger partial charge is 0.480 e. The van der Waals surface area contributed by atoms with Gasteiger partial charge in [0, 0.05) is 5.02 Å². The summed E-state index contributed by atoms with van der Waals surface area (Å²) in [5, 5.41) is 20.3. The van der Waals surface area contributed by atoms with Crippen molar-refractivity contribution in [3.8, 4) is 0 Å². The zero-order chi connectivity index (χ0) is 15.4. The van der Waals surface area contributed by atoms with Crippen LogP contribution in [0.2, 0.25) is 5.02 Å². The Hall–Kier alpha value is -0.810. The molecule has 2 atom stereocenters. The van der Waals surface area contributed by atoms with Crippen molar-refractivity contribution in [2.75, 3.05) is 13.1 Å². The molecule has 2 unspecified atom stereocenters. The highest BCUT2D eigenvalue weighted by molar-refractivity contribution is 6.30. The summed E-state index contributed by atoms with van der Waals surface area (Å²) in [6.07, 6.45) is 1.73. The molecule has 1 aromatic carbocycles. The third-order valence-electron chi connectivity index (χ3n) is 4.34. The Labute approximate surface area is 142 Å². The molecule has 1 fully saturated rings. The monoisotopic (exact) mass is 347 g/mol. The molecule has 124 valence electrons. The van der Waals surface area contributed by atoms with Gasteiger partial charge in [0.25, 0.3) is 0 Å². The maximum atomic E-state index is 11.2. The highest BCUT2D eigenvalue weighted by Gasteiger charge is 2.31. The quantitative estimate of drug-likeness (QED) is 0.857. The van der Waals surface area contributed by atoms with Crippen LogP contribution in [0.4, 0.5) is 0 Å². The number of nitrogens with zero attached hydrogens (tertiary/aromatic N) is 1. The van der Waals surface area contributed by atoms with Crippen molar-refractivity contribution in [3.63, 3.8) is 0 Å². The van der Waals surface area contributed by atoms with Gasteiger partial charge < -0.3 is 10.2 Å². The van der Waals surface area contributed by atoms with Gasteiger partial charge in [-0.25, -0.2) is 0 Å². The Morgan fingerprint density at radius 3 is 2.32 bits per heavy atom. The molecular weight excluding hydrogens is 325 g/mol. The summed E-state index contributed by atoms with van der Waals surface area (Å²) < 4.78 is 0. The predicted octanol–water partition coefficient (Wildman–Crippen LogP) is 3.37. The molecule has 0 saturated carbocycles. The number of hydrogen-bond donors (Lipinski definition) is 2. The predicted molar refractivity (Wildman–Crippen MR) is 89.7 cm³/mol. The zero-order valence-electron chi connectivity index (χ0n) is 12.6. The standard InChI is InChI=1S/C16H22ClNO3.ClH/c1-2-14(16(20)21)18-9-7-12(8-10-18)15(19)11-3-5-13(17)6-4-11;/h3-6,12,14-15,19H,2,7-10H2,1H3,(H,20,21);1H. The molecule has 22 heavy (non-hydrogen) atoms. The lowest BCUT2D eigenvalue weighted by molar-refractivity contribution is -0.144. The van der Waals surface area contributed by atoms with Crippen LogP contribution in [0, 0.1) is 5.92 Å². The smallest absolute Gasteiger partial charge is 0.320 e. The van der Waals surface area contributed by atoms with Gasteiger partial charge in [-0.15, -0.1) is 12.4 Å². The first kappa shape index (κ1) is 19.2. The molecular formula is C16H23Cl2NO3. The number of carboxylic acids is 1. The van der Waals surface area contributed by atoms with Gasteiger partial charge in [0.05, 0.1) is 6.10 Å². The van der Waals surface area contributed by atoms with Gasteiger partial charge in [0.15, 0.2) is 0 Å². The normalized spacial score (nSPS) is 19.2. The Balaban J connectivity index is 0.00000242. The fraction of sp³-hybridized carbons (Fsp3) is 0.562. The van der Waals surface area contributed by atoms with Crippen molar-refractivity contribution in [2.24, 2.45) is 5.92 Å². The minimum Gasteiger partial charge on any atom is -0.480 e. The maximum absolute atomic E-state index is 11.2. The van der Waals surface area contributed by atoms with Gasteiger partial charge in [0.1, 0.15) is 6.04 Å². The second kappa shape index (κ2) is 8.73. The maximum Gasteiger partial charge on any atom is 0.320 e. The van der Waals surface area contributed by atoms with E-state index in [0.717, 1.165) is 31.5 Å². The van der Waals surface area contributed by atoms with Crippen LogP contribution in [0.5, 0.6) is 0 Å². The average molecular weight is 348 g/mol. The summed E-state index contributed by atoms with van der Waals surface area (Å²) in [6.45, 7) is 3.34. The van der Waals surface area contributed by atoms with Crippen molar-refractivity contribution in [2.45, 2.75) is 38.3 Å². The lowest BCUT2D eigenvalue weighted by atomic mass is 9.87. The molecule has 0 aromatic heterocycles. The summed E-state index contributed by atoms with van der Waals surface area (Å²) in [7, 11) is 0. The van der Waals surface area contributed by atoms with Crippen LogP contribution < -0.4 is 0 Å². The molecule has 0 bridgehead atoms. The summed E-state index contributed by atoms with van der Waals surface area (Å²) >= 11 is 5.86. The van der Waals surface area contributed by atoms with Crippen molar-refractivity contribution in [3.05, 3.63) is 34.9 Å². The van der Waals surface area contributed by atoms with Crippen LogP contribution in [0.3, 0.4) is 0 Å². The minimum absolute atomic E-state index is 0. The second-order valence-corrected chi connectivity index (χ2v) is 6.07. The van der Waals surface area contributed by atoms with Gasteiger partial charge in [-0.2, -0.15) is 0 Å². The molecule has 0 amide bonds. The van der Waals surface area contributed by atoms with Crippen molar-refractivity contribution >= 4 is 30.0 Å². The van der Waals surface area contributed by atoms with E-state index in [1.54, 1.807) is 12.1 Å². The van der Waals surface area contributed by atoms with Crippen LogP contribution in [-0.2, 0) is 4.79 Å². The Morgan fingerprint density at radius 1 is 1.32 bits per heavy atom. The van der Waals surface area contributed by atoms with E-state index in [1.807, 2.05) is 24.0 Å². The average Bonchev–Trinajstić information content (AvgIpc) is 2.48. The molecule has 1 aliphatic heterocycles. The number of rotatable bonds is 5. The van der Waals surface area contributed by atoms with Crippen molar-refractivity contribution in [1.29, 1.82) is 0 Å². The Morgan fingerprint density at radius 2 is 1.86 bits per heavy atom. The van der Waals surface area contributed by atoms with Crippen LogP contribution in [0.1, 0.15) is 37.9 Å². The Bertz CT molecular complexity index is 473. The first-order valence-corrected chi connectivity index (χ1v) is 7.81. The van der Waals surface area contributed by atoms with E-state index in [0.29, 0.717) is 11.4 Å². The highest BCUT2D eigenvalue weighted by atomic mass is 35.5. The molecule has 0 spiro atoms. The Kier molecular flexibility index (Phi) is 7.63. The molecule has 4 nitrogen and oxygen atoms in total. The zero-order valence-corrected chi connectivity index (χ0v) is 14.2. The van der Waals surface area contributed by atoms with Gasteiger partial charge in [0.2, 0.25) is 0 Å². The number of aliphatic hydroxyl groups excluding tert-OH is 1. The number of benzene rings is 1. The van der Waals surface area contributed by atoms with Gasteiger partial charge in [-0.1, -0.05) is 30.7 Å². The van der Waals surface area contributed by atoms with Crippen LogP contribution in [0.25, 0.3) is 0 Å². The van der Waals surface area contributed by atoms with Crippen molar-refractivity contribution < 1.29 is 15.0 Å². The molecule has 6 heteroatoms. The number of piperidine rings is 1. The van der Waals surface area contributed by atoms with E-state index in [4.69, 9.17) is 11.6 Å². The molecule has 1 aliphatic rings. The molecule has 0 radical (unpaired) electrons. The van der Waals surface area contributed by atoms with Crippen LogP contribution >= 0.6 is 24.0 Å². The van der Waals surface area contributed by atoms with E-state index < -0.39 is 18.1 Å². The van der Waals surface area contributed by atoms with Gasteiger partial charge in [-0.3, -0.25) is 9.69 Å². The first-order chi connectivity index (χ1) is 10.0. The van der Waals surface area contributed by atoms with E-state index >= 15 is 0 Å². The number of aliphatic carboxylic acids is 1. The highest BCUT2D eigenvalue weighted by Crippen LogP contribution is 2.32. The molecule has 1 saturated heterocycles. The topological polar surface area (TPSA) is 60.8 Å². The minimum atomic E-state index is -0.755. The number of likely N-dealkylation sites (tertiary alicyclic amines) is 1. The SMILES string of the molecule is CCC(C(=O)O)N1CCC(C(O)c2ccc(Cl)cc2)CC1.Cl. The van der Waals surface area contributed by atoms with E-state index in [2.05, 4.69) is 0 Å². The van der Waals surface area contributed by atoms with E-state index in [-0.39, 0.29) is 18.3 Å².